The Hall–Kier alpha value is -2.41. The van der Waals surface area contributed by atoms with E-state index >= 15 is 0 Å². The first-order valence-corrected chi connectivity index (χ1v) is 6.14. The number of aliphatic carboxylic acids is 2. The van der Waals surface area contributed by atoms with Gasteiger partial charge in [0.2, 0.25) is 0 Å². The van der Waals surface area contributed by atoms with Crippen molar-refractivity contribution in [3.63, 3.8) is 0 Å². The van der Waals surface area contributed by atoms with Crippen LogP contribution in [0.5, 0.6) is 0 Å². The van der Waals surface area contributed by atoms with E-state index in [1.165, 1.54) is 27.0 Å². The molecule has 0 aromatic carbocycles. The number of esters is 1. The summed E-state index contributed by atoms with van der Waals surface area (Å²) in [6, 6.07) is 0. The molecular formula is C15H24O7. The van der Waals surface area contributed by atoms with Crippen LogP contribution in [0.15, 0.2) is 36.0 Å². The van der Waals surface area contributed by atoms with E-state index in [1.54, 1.807) is 6.92 Å². The smallest absolute Gasteiger partial charge is 0.332 e. The van der Waals surface area contributed by atoms with Gasteiger partial charge >= 0.3 is 17.9 Å². The Morgan fingerprint density at radius 2 is 1.41 bits per heavy atom. The van der Waals surface area contributed by atoms with E-state index in [1.807, 2.05) is 0 Å². The highest BCUT2D eigenvalue weighted by atomic mass is 16.5. The molecule has 0 atom stereocenters. The van der Waals surface area contributed by atoms with Crippen molar-refractivity contribution < 1.29 is 34.4 Å². The van der Waals surface area contributed by atoms with Gasteiger partial charge in [-0.1, -0.05) is 19.2 Å². The van der Waals surface area contributed by atoms with Crippen LogP contribution in [0, 0.1) is 0 Å². The Labute approximate surface area is 130 Å². The third-order valence-corrected chi connectivity index (χ3v) is 1.82. The number of rotatable bonds is 5. The fourth-order valence-corrected chi connectivity index (χ4v) is 0.543. The fraction of sp³-hybridized carbons (Fsp3) is 0.400. The highest BCUT2D eigenvalue weighted by molar-refractivity contribution is 5.86. The van der Waals surface area contributed by atoms with Gasteiger partial charge in [0.25, 0.3) is 0 Å². The summed E-state index contributed by atoms with van der Waals surface area (Å²) in [5.41, 5.74) is 0.890. The minimum atomic E-state index is -0.935. The second-order valence-corrected chi connectivity index (χ2v) is 4.06. The van der Waals surface area contributed by atoms with Crippen molar-refractivity contribution in [1.82, 2.24) is 0 Å². The van der Waals surface area contributed by atoms with Gasteiger partial charge in [0.05, 0.1) is 7.11 Å². The van der Waals surface area contributed by atoms with Crippen LogP contribution in [-0.2, 0) is 19.1 Å². The lowest BCUT2D eigenvalue weighted by atomic mass is 10.2. The molecule has 0 amide bonds. The molecule has 7 nitrogen and oxygen atoms in total. The number of hydrogen-bond acceptors (Lipinski definition) is 5. The quantitative estimate of drug-likeness (QED) is 0.522. The highest BCUT2D eigenvalue weighted by Crippen LogP contribution is 1.93. The average Bonchev–Trinajstić information content (AvgIpc) is 2.44. The number of aliphatic hydroxyl groups excluding tert-OH is 1. The average molecular weight is 316 g/mol. The summed E-state index contributed by atoms with van der Waals surface area (Å²) in [5.74, 6) is -2.21. The molecule has 0 heterocycles. The Balaban J connectivity index is -0.000000252. The summed E-state index contributed by atoms with van der Waals surface area (Å²) in [5, 5.41) is 24.4. The zero-order valence-corrected chi connectivity index (χ0v) is 13.4. The molecule has 0 aromatic rings. The first kappa shape index (κ1) is 24.6. The summed E-state index contributed by atoms with van der Waals surface area (Å²) < 4.78 is 4.27. The van der Waals surface area contributed by atoms with Crippen molar-refractivity contribution in [2.45, 2.75) is 27.2 Å². The highest BCUT2D eigenvalue weighted by Gasteiger charge is 1.96. The number of methoxy groups -OCH3 is 1. The maximum absolute atomic E-state index is 10.2. The molecule has 0 radical (unpaired) electrons. The third kappa shape index (κ3) is 19.9. The minimum absolute atomic E-state index is 0.00458. The molecule has 0 aromatic heterocycles. The number of ether oxygens (including phenoxy) is 1. The minimum Gasteiger partial charge on any atom is -0.478 e. The van der Waals surface area contributed by atoms with Crippen LogP contribution < -0.4 is 0 Å². The van der Waals surface area contributed by atoms with Crippen LogP contribution in [-0.4, -0.2) is 46.9 Å². The van der Waals surface area contributed by atoms with E-state index in [9.17, 15) is 14.4 Å². The molecule has 7 heteroatoms. The molecular weight excluding hydrogens is 292 g/mol. The van der Waals surface area contributed by atoms with Gasteiger partial charge in [0.15, 0.2) is 0 Å². The summed E-state index contributed by atoms with van der Waals surface area (Å²) >= 11 is 0. The SMILES string of the molecule is C=C(C)C(=O)O.C=C(C)C(=O)OC.CC(=CCCO)C(=O)O. The second kappa shape index (κ2) is 15.0. The topological polar surface area (TPSA) is 121 Å². The van der Waals surface area contributed by atoms with E-state index < -0.39 is 11.9 Å². The normalized spacial score (nSPS) is 9.23. The third-order valence-electron chi connectivity index (χ3n) is 1.82. The van der Waals surface area contributed by atoms with Gasteiger partial charge in [0, 0.05) is 23.3 Å². The summed E-state index contributed by atoms with van der Waals surface area (Å²) in [6.07, 6.45) is 1.90. The molecule has 0 aliphatic rings. The summed E-state index contributed by atoms with van der Waals surface area (Å²) in [7, 11) is 1.33. The van der Waals surface area contributed by atoms with Gasteiger partial charge in [-0.3, -0.25) is 0 Å². The van der Waals surface area contributed by atoms with Gasteiger partial charge in [-0.05, 0) is 27.2 Å². The van der Waals surface area contributed by atoms with Crippen LogP contribution >= 0.6 is 0 Å². The Morgan fingerprint density at radius 1 is 1.00 bits per heavy atom. The molecule has 126 valence electrons. The zero-order valence-electron chi connectivity index (χ0n) is 13.4. The molecule has 0 unspecified atom stereocenters. The maximum atomic E-state index is 10.2. The number of carbonyl (C=O) groups is 3. The van der Waals surface area contributed by atoms with E-state index in [0.717, 1.165) is 0 Å². The van der Waals surface area contributed by atoms with Gasteiger partial charge in [0.1, 0.15) is 0 Å². The molecule has 0 aliphatic heterocycles. The summed E-state index contributed by atoms with van der Waals surface area (Å²) in [6.45, 7) is 11.1. The molecule has 0 spiro atoms. The molecule has 22 heavy (non-hydrogen) atoms. The molecule has 0 rings (SSSR count). The van der Waals surface area contributed by atoms with Gasteiger partial charge in [-0.25, -0.2) is 14.4 Å². The lowest BCUT2D eigenvalue weighted by Gasteiger charge is -1.91. The van der Waals surface area contributed by atoms with Crippen LogP contribution in [0.3, 0.4) is 0 Å². The molecule has 0 saturated carbocycles. The second-order valence-electron chi connectivity index (χ2n) is 4.06. The number of hydrogen-bond donors (Lipinski definition) is 3. The van der Waals surface area contributed by atoms with Gasteiger partial charge in [-0.2, -0.15) is 0 Å². The largest absolute Gasteiger partial charge is 0.478 e. The van der Waals surface area contributed by atoms with E-state index in [2.05, 4.69) is 17.9 Å². The molecule has 3 N–H and O–H groups in total. The van der Waals surface area contributed by atoms with Crippen molar-refractivity contribution in [2.24, 2.45) is 0 Å². The standard InChI is InChI=1S/C6H10O3.C5H8O2.C4H6O2/c1-5(6(8)9)3-2-4-7;1-4(2)5(6)7-3;1-3(2)4(5)6/h3,7H,2,4H2,1H3,(H,8,9);1H2,2-3H3;1H2,2H3,(H,5,6). The summed E-state index contributed by atoms with van der Waals surface area (Å²) in [4.78, 5) is 29.8. The number of aliphatic hydroxyl groups is 1. The molecule has 0 bridgehead atoms. The predicted molar refractivity (Wildman–Crippen MR) is 82.4 cm³/mol. The maximum Gasteiger partial charge on any atom is 0.332 e. The monoisotopic (exact) mass is 316 g/mol. The van der Waals surface area contributed by atoms with Crippen molar-refractivity contribution in [3.05, 3.63) is 36.0 Å². The van der Waals surface area contributed by atoms with Crippen molar-refractivity contribution >= 4 is 17.9 Å². The van der Waals surface area contributed by atoms with E-state index in [-0.39, 0.29) is 23.7 Å². The van der Waals surface area contributed by atoms with Gasteiger partial charge in [-0.15, -0.1) is 0 Å². The predicted octanol–water partition coefficient (Wildman–Crippen LogP) is 1.78. The zero-order chi connectivity index (χ0) is 18.3. The number of carboxylic acid groups (broad SMARTS) is 2. The lowest BCUT2D eigenvalue weighted by molar-refractivity contribution is -0.136. The van der Waals surface area contributed by atoms with Crippen LogP contribution in [0.1, 0.15) is 27.2 Å². The lowest BCUT2D eigenvalue weighted by Crippen LogP contribution is -1.98. The van der Waals surface area contributed by atoms with E-state index in [0.29, 0.717) is 12.0 Å². The molecule has 0 saturated heterocycles. The molecule has 0 fully saturated rings. The number of carbonyl (C=O) groups excluding carboxylic acids is 1. The fourth-order valence-electron chi connectivity index (χ4n) is 0.543. The van der Waals surface area contributed by atoms with Crippen molar-refractivity contribution in [1.29, 1.82) is 0 Å². The Bertz CT molecular complexity index is 421. The number of carboxylic acids is 2. The van der Waals surface area contributed by atoms with Crippen LogP contribution in [0.2, 0.25) is 0 Å². The Kier molecular flexibility index (Phi) is 16.8. The van der Waals surface area contributed by atoms with Crippen molar-refractivity contribution in [3.8, 4) is 0 Å². The van der Waals surface area contributed by atoms with Crippen molar-refractivity contribution in [2.75, 3.05) is 13.7 Å². The first-order chi connectivity index (χ1) is 10.0. The van der Waals surface area contributed by atoms with E-state index in [4.69, 9.17) is 15.3 Å². The van der Waals surface area contributed by atoms with Crippen LogP contribution in [0.4, 0.5) is 0 Å². The Morgan fingerprint density at radius 3 is 1.55 bits per heavy atom. The van der Waals surface area contributed by atoms with Gasteiger partial charge < -0.3 is 20.1 Å². The van der Waals surface area contributed by atoms with Crippen LogP contribution in [0.25, 0.3) is 0 Å². The first-order valence-electron chi connectivity index (χ1n) is 6.14. The molecule has 0 aliphatic carbocycles.